The SMILES string of the molecule is N#Cc1nccc(B(O)O)c1F. The van der Waals surface area contributed by atoms with E-state index in [-0.39, 0.29) is 5.46 Å². The Balaban J connectivity index is 3.25. The standard InChI is InChI=1S/C6H4BFN2O2/c8-6-4(7(11)12)1-2-10-5(6)3-9/h1-2,11-12H. The molecule has 12 heavy (non-hydrogen) atoms. The molecule has 0 bridgehead atoms. The van der Waals surface area contributed by atoms with Crippen LogP contribution in [0.5, 0.6) is 0 Å². The minimum atomic E-state index is -1.92. The molecule has 0 amide bonds. The number of hydrogen-bond donors (Lipinski definition) is 2. The molecular formula is C6H4BFN2O2. The lowest BCUT2D eigenvalue weighted by Gasteiger charge is -2.00. The summed E-state index contributed by atoms with van der Waals surface area (Å²) >= 11 is 0. The zero-order chi connectivity index (χ0) is 9.14. The van der Waals surface area contributed by atoms with Crippen molar-refractivity contribution in [3.8, 4) is 6.07 Å². The number of nitriles is 1. The van der Waals surface area contributed by atoms with Gasteiger partial charge >= 0.3 is 7.12 Å². The lowest BCUT2D eigenvalue weighted by molar-refractivity contribution is 0.422. The average Bonchev–Trinajstić information content (AvgIpc) is 2.04. The van der Waals surface area contributed by atoms with E-state index in [1.165, 1.54) is 6.07 Å². The largest absolute Gasteiger partial charge is 0.491 e. The Bertz CT molecular complexity index is 337. The highest BCUT2D eigenvalue weighted by Gasteiger charge is 2.19. The topological polar surface area (TPSA) is 77.1 Å². The van der Waals surface area contributed by atoms with Crippen molar-refractivity contribution in [2.45, 2.75) is 0 Å². The Morgan fingerprint density at radius 3 is 2.75 bits per heavy atom. The molecule has 1 aromatic heterocycles. The molecule has 0 radical (unpaired) electrons. The molecule has 0 aromatic carbocycles. The molecule has 1 aromatic rings. The average molecular weight is 166 g/mol. The molecule has 0 spiro atoms. The number of halogens is 1. The van der Waals surface area contributed by atoms with Crippen LogP contribution < -0.4 is 5.46 Å². The zero-order valence-corrected chi connectivity index (χ0v) is 5.90. The van der Waals surface area contributed by atoms with Crippen molar-refractivity contribution in [1.82, 2.24) is 4.98 Å². The van der Waals surface area contributed by atoms with E-state index in [0.29, 0.717) is 0 Å². The third-order valence-corrected chi connectivity index (χ3v) is 1.30. The Morgan fingerprint density at radius 2 is 2.25 bits per heavy atom. The molecule has 0 unspecified atom stereocenters. The minimum absolute atomic E-state index is 0.346. The fourth-order valence-corrected chi connectivity index (χ4v) is 0.736. The van der Waals surface area contributed by atoms with Crippen molar-refractivity contribution < 1.29 is 14.4 Å². The van der Waals surface area contributed by atoms with Crippen LogP contribution in [0.15, 0.2) is 12.3 Å². The maximum absolute atomic E-state index is 12.9. The number of hydrogen-bond acceptors (Lipinski definition) is 4. The molecule has 0 aliphatic heterocycles. The molecule has 4 nitrogen and oxygen atoms in total. The second kappa shape index (κ2) is 3.30. The fourth-order valence-electron chi connectivity index (χ4n) is 0.736. The molecule has 2 N–H and O–H groups in total. The van der Waals surface area contributed by atoms with Crippen molar-refractivity contribution >= 4 is 12.6 Å². The normalized spacial score (nSPS) is 9.17. The Labute approximate surface area is 68.1 Å². The second-order valence-corrected chi connectivity index (χ2v) is 2.05. The number of rotatable bonds is 1. The molecule has 1 heterocycles. The molecule has 0 aliphatic carbocycles. The molecule has 60 valence electrons. The molecule has 0 fully saturated rings. The van der Waals surface area contributed by atoms with Crippen LogP contribution in [0.1, 0.15) is 5.69 Å². The first-order valence-corrected chi connectivity index (χ1v) is 3.07. The van der Waals surface area contributed by atoms with Crippen LogP contribution in [0.2, 0.25) is 0 Å². The van der Waals surface area contributed by atoms with Gasteiger partial charge in [-0.2, -0.15) is 5.26 Å². The van der Waals surface area contributed by atoms with Gasteiger partial charge in [0.1, 0.15) is 6.07 Å². The Morgan fingerprint density at radius 1 is 1.58 bits per heavy atom. The number of nitrogens with zero attached hydrogens (tertiary/aromatic N) is 2. The first kappa shape index (κ1) is 8.65. The lowest BCUT2D eigenvalue weighted by atomic mass is 9.80. The van der Waals surface area contributed by atoms with Gasteiger partial charge in [-0.1, -0.05) is 0 Å². The summed E-state index contributed by atoms with van der Waals surface area (Å²) < 4.78 is 12.9. The van der Waals surface area contributed by atoms with Gasteiger partial charge in [0.05, 0.1) is 0 Å². The molecule has 1 rings (SSSR count). The van der Waals surface area contributed by atoms with Gasteiger partial charge in [-0.05, 0) is 6.07 Å². The van der Waals surface area contributed by atoms with E-state index in [1.807, 2.05) is 0 Å². The molecule has 0 saturated heterocycles. The summed E-state index contributed by atoms with van der Waals surface area (Å²) in [4.78, 5) is 3.38. The van der Waals surface area contributed by atoms with Crippen LogP contribution in [0.4, 0.5) is 4.39 Å². The predicted molar refractivity (Wildman–Crippen MR) is 38.7 cm³/mol. The van der Waals surface area contributed by atoms with Gasteiger partial charge in [0.15, 0.2) is 11.5 Å². The lowest BCUT2D eigenvalue weighted by Crippen LogP contribution is -2.33. The molecule has 0 atom stereocenters. The third kappa shape index (κ3) is 1.42. The second-order valence-electron chi connectivity index (χ2n) is 2.05. The van der Waals surface area contributed by atoms with Gasteiger partial charge in [0.2, 0.25) is 0 Å². The maximum Gasteiger partial charge on any atom is 0.491 e. The van der Waals surface area contributed by atoms with E-state index in [1.54, 1.807) is 0 Å². The molecule has 0 aliphatic rings. The van der Waals surface area contributed by atoms with Gasteiger partial charge in [-0.3, -0.25) is 0 Å². The highest BCUT2D eigenvalue weighted by molar-refractivity contribution is 6.58. The summed E-state index contributed by atoms with van der Waals surface area (Å²) in [5.74, 6) is -0.991. The summed E-state index contributed by atoms with van der Waals surface area (Å²) in [6, 6.07) is 2.58. The fraction of sp³-hybridized carbons (Fsp3) is 0. The summed E-state index contributed by atoms with van der Waals surface area (Å²) in [6.07, 6.45) is 1.14. The van der Waals surface area contributed by atoms with E-state index >= 15 is 0 Å². The van der Waals surface area contributed by atoms with Crippen LogP contribution in [0, 0.1) is 17.1 Å². The summed E-state index contributed by atoms with van der Waals surface area (Å²) in [7, 11) is -1.92. The van der Waals surface area contributed by atoms with E-state index in [4.69, 9.17) is 15.3 Å². The van der Waals surface area contributed by atoms with Crippen LogP contribution in [0.25, 0.3) is 0 Å². The zero-order valence-electron chi connectivity index (χ0n) is 5.90. The smallest absolute Gasteiger partial charge is 0.423 e. The summed E-state index contributed by atoms with van der Waals surface area (Å²) in [6.45, 7) is 0. The van der Waals surface area contributed by atoms with Crippen LogP contribution in [0.3, 0.4) is 0 Å². The van der Waals surface area contributed by atoms with Crippen LogP contribution in [-0.2, 0) is 0 Å². The van der Waals surface area contributed by atoms with Gasteiger partial charge in [0.25, 0.3) is 0 Å². The van der Waals surface area contributed by atoms with Crippen molar-refractivity contribution in [1.29, 1.82) is 5.26 Å². The Kier molecular flexibility index (Phi) is 2.38. The quantitative estimate of drug-likeness (QED) is 0.512. The van der Waals surface area contributed by atoms with E-state index < -0.39 is 18.6 Å². The van der Waals surface area contributed by atoms with Gasteiger partial charge in [0, 0.05) is 11.7 Å². The highest BCUT2D eigenvalue weighted by Crippen LogP contribution is 1.98. The summed E-state index contributed by atoms with van der Waals surface area (Å²) in [5.41, 5.74) is -0.790. The first-order valence-electron chi connectivity index (χ1n) is 3.07. The number of aromatic nitrogens is 1. The Hall–Kier alpha value is -1.45. The van der Waals surface area contributed by atoms with Crippen molar-refractivity contribution in [3.05, 3.63) is 23.8 Å². The highest BCUT2D eigenvalue weighted by atomic mass is 19.1. The summed E-state index contributed by atoms with van der Waals surface area (Å²) in [5, 5.41) is 25.5. The monoisotopic (exact) mass is 166 g/mol. The van der Waals surface area contributed by atoms with Gasteiger partial charge in [-0.25, -0.2) is 9.37 Å². The first-order chi connectivity index (χ1) is 5.66. The van der Waals surface area contributed by atoms with Crippen molar-refractivity contribution in [2.24, 2.45) is 0 Å². The maximum atomic E-state index is 12.9. The molecule has 0 saturated carbocycles. The third-order valence-electron chi connectivity index (χ3n) is 1.30. The van der Waals surface area contributed by atoms with E-state index in [9.17, 15) is 4.39 Å². The van der Waals surface area contributed by atoms with Crippen molar-refractivity contribution in [3.63, 3.8) is 0 Å². The van der Waals surface area contributed by atoms with Gasteiger partial charge in [-0.15, -0.1) is 0 Å². The van der Waals surface area contributed by atoms with E-state index in [0.717, 1.165) is 12.3 Å². The van der Waals surface area contributed by atoms with Crippen LogP contribution in [-0.4, -0.2) is 22.2 Å². The van der Waals surface area contributed by atoms with Crippen molar-refractivity contribution in [2.75, 3.05) is 0 Å². The predicted octanol–water partition coefficient (Wildman–Crippen LogP) is -1.23. The van der Waals surface area contributed by atoms with Gasteiger partial charge < -0.3 is 10.0 Å². The molecular weight excluding hydrogens is 162 g/mol. The van der Waals surface area contributed by atoms with E-state index in [2.05, 4.69) is 4.98 Å². The minimum Gasteiger partial charge on any atom is -0.423 e. The molecule has 6 heteroatoms. The number of pyridine rings is 1. The van der Waals surface area contributed by atoms with Crippen LogP contribution >= 0.6 is 0 Å².